The van der Waals surface area contributed by atoms with E-state index in [2.05, 4.69) is 10.5 Å². The van der Waals surface area contributed by atoms with Gasteiger partial charge in [-0.25, -0.2) is 9.86 Å². The second-order valence-electron chi connectivity index (χ2n) is 8.18. The lowest BCUT2D eigenvalue weighted by atomic mass is 9.85. The fourth-order valence-corrected chi connectivity index (χ4v) is 4.86. The largest absolute Gasteiger partial charge is 0.458 e. The molecule has 0 saturated heterocycles. The number of dihydropyridines is 1. The van der Waals surface area contributed by atoms with E-state index in [1.807, 2.05) is 6.92 Å². The molecule has 0 radical (unpaired) electrons. The first kappa shape index (κ1) is 21.0. The highest BCUT2D eigenvalue weighted by Gasteiger charge is 2.46. The number of nitrogens with zero attached hydrogens (tertiary/aromatic N) is 3. The monoisotopic (exact) mass is 451 g/mol. The van der Waals surface area contributed by atoms with E-state index in [0.717, 1.165) is 11.1 Å². The minimum atomic E-state index is -1.90. The Kier molecular flexibility index (Phi) is 4.52. The molecule has 5 heterocycles. The van der Waals surface area contributed by atoms with Gasteiger partial charge in [-0.2, -0.15) is 0 Å². The maximum atomic E-state index is 13.3. The molecule has 4 aliphatic heterocycles. The van der Waals surface area contributed by atoms with E-state index in [1.165, 1.54) is 12.3 Å². The predicted molar refractivity (Wildman–Crippen MR) is 115 cm³/mol. The molecule has 0 spiro atoms. The number of allylic oxidation sites excluding steroid dienone is 3. The zero-order chi connectivity index (χ0) is 23.7. The Bertz CT molecular complexity index is 1350. The molecule has 1 aromatic rings. The van der Waals surface area contributed by atoms with Crippen LogP contribution in [0.5, 0.6) is 0 Å². The minimum absolute atomic E-state index is 0.0558. The van der Waals surface area contributed by atoms with E-state index in [1.54, 1.807) is 17.6 Å². The summed E-state index contributed by atoms with van der Waals surface area (Å²) in [6.07, 6.45) is 3.48. The predicted octanol–water partition coefficient (Wildman–Crippen LogP) is 1.71. The molecule has 0 aromatic carbocycles. The summed E-state index contributed by atoms with van der Waals surface area (Å²) in [6.45, 7) is 3.65. The first-order valence-electron chi connectivity index (χ1n) is 10.5. The van der Waals surface area contributed by atoms with E-state index in [-0.39, 0.29) is 42.0 Å². The lowest BCUT2D eigenvalue weighted by Gasteiger charge is -2.32. The van der Waals surface area contributed by atoms with Gasteiger partial charge in [0.25, 0.3) is 5.56 Å². The van der Waals surface area contributed by atoms with E-state index in [0.29, 0.717) is 34.1 Å². The van der Waals surface area contributed by atoms with Crippen molar-refractivity contribution < 1.29 is 19.8 Å². The summed E-state index contributed by atoms with van der Waals surface area (Å²) in [5.74, 6) is -1.39. The Balaban J connectivity index is 1.71. The highest BCUT2D eigenvalue weighted by Crippen LogP contribution is 2.43. The zero-order valence-electron chi connectivity index (χ0n) is 17.9. The minimum Gasteiger partial charge on any atom is -0.458 e. The fraction of sp³-hybridized carbons (Fsp3) is 0.318. The molecule has 11 heteroatoms. The molecule has 4 aliphatic rings. The molecule has 0 unspecified atom stereocenters. The zero-order valence-corrected chi connectivity index (χ0v) is 17.9. The van der Waals surface area contributed by atoms with Crippen LogP contribution in [0.25, 0.3) is 5.70 Å². The van der Waals surface area contributed by atoms with Crippen LogP contribution in [0.15, 0.2) is 56.4 Å². The van der Waals surface area contributed by atoms with Crippen LogP contribution in [0.3, 0.4) is 0 Å². The third-order valence-electron chi connectivity index (χ3n) is 6.62. The summed E-state index contributed by atoms with van der Waals surface area (Å²) in [5, 5.41) is 35.4. The van der Waals surface area contributed by atoms with E-state index in [9.17, 15) is 24.8 Å². The molecule has 0 amide bonds. The summed E-state index contributed by atoms with van der Waals surface area (Å²) in [6, 6.07) is 1.65. The molecule has 0 saturated carbocycles. The lowest BCUT2D eigenvalue weighted by Crippen LogP contribution is -2.44. The number of cyclic esters (lactones) is 1. The van der Waals surface area contributed by atoms with Gasteiger partial charge in [-0.05, 0) is 35.7 Å². The van der Waals surface area contributed by atoms with Crippen LogP contribution >= 0.6 is 0 Å². The van der Waals surface area contributed by atoms with Gasteiger partial charge in [-0.15, -0.1) is 4.91 Å². The summed E-state index contributed by atoms with van der Waals surface area (Å²) in [4.78, 5) is 36.5. The van der Waals surface area contributed by atoms with E-state index >= 15 is 0 Å². The van der Waals surface area contributed by atoms with Crippen molar-refractivity contribution in [2.75, 3.05) is 0 Å². The first-order chi connectivity index (χ1) is 15.7. The van der Waals surface area contributed by atoms with Gasteiger partial charge in [-0.1, -0.05) is 13.8 Å². The molecule has 4 N–H and O–H groups in total. The van der Waals surface area contributed by atoms with Gasteiger partial charge in [0.2, 0.25) is 5.84 Å². The van der Waals surface area contributed by atoms with E-state index in [4.69, 9.17) is 10.1 Å². The van der Waals surface area contributed by atoms with Crippen LogP contribution in [0, 0.1) is 10.3 Å². The Hall–Kier alpha value is -3.83. The van der Waals surface area contributed by atoms with E-state index < -0.39 is 17.4 Å². The van der Waals surface area contributed by atoms with Crippen molar-refractivity contribution in [2.24, 2.45) is 5.18 Å². The van der Waals surface area contributed by atoms with Crippen molar-refractivity contribution in [1.82, 2.24) is 14.9 Å². The molecule has 1 atom stereocenters. The molecular weight excluding hydrogens is 430 g/mol. The molecule has 11 nitrogen and oxygen atoms in total. The van der Waals surface area contributed by atoms with Crippen LogP contribution in [-0.2, 0) is 28.3 Å². The summed E-state index contributed by atoms with van der Waals surface area (Å²) in [7, 11) is 0. The number of esters is 1. The van der Waals surface area contributed by atoms with Crippen LogP contribution in [0.2, 0.25) is 0 Å². The van der Waals surface area contributed by atoms with Gasteiger partial charge in [0.15, 0.2) is 5.60 Å². The van der Waals surface area contributed by atoms with Crippen molar-refractivity contribution in [1.29, 1.82) is 5.41 Å². The third-order valence-corrected chi connectivity index (χ3v) is 6.62. The summed E-state index contributed by atoms with van der Waals surface area (Å²) < 4.78 is 6.67. The number of hydroxylamine groups is 2. The van der Waals surface area contributed by atoms with Crippen LogP contribution in [-0.4, -0.2) is 31.7 Å². The van der Waals surface area contributed by atoms with Crippen molar-refractivity contribution in [3.63, 3.8) is 0 Å². The number of aliphatic hydroxyl groups is 1. The van der Waals surface area contributed by atoms with Crippen molar-refractivity contribution >= 4 is 17.5 Å². The van der Waals surface area contributed by atoms with Crippen LogP contribution < -0.4 is 10.9 Å². The SMILES string of the molecule is CCC1=C2C=C(C(=N)N=O)N(O)C=C2NC2=C1Cn1c2cc2c(c1=O)COC(=O)[C@]2(O)CC. The highest BCUT2D eigenvalue weighted by molar-refractivity contribution is 5.97. The molecule has 0 fully saturated rings. The number of hydrogen-bond acceptors (Lipinski definition) is 9. The maximum absolute atomic E-state index is 13.3. The molecule has 1 aromatic heterocycles. The van der Waals surface area contributed by atoms with Gasteiger partial charge < -0.3 is 19.7 Å². The van der Waals surface area contributed by atoms with Gasteiger partial charge in [0.1, 0.15) is 12.3 Å². The summed E-state index contributed by atoms with van der Waals surface area (Å²) in [5.41, 5.74) is 2.24. The average molecular weight is 451 g/mol. The van der Waals surface area contributed by atoms with Crippen LogP contribution in [0.4, 0.5) is 0 Å². The van der Waals surface area contributed by atoms with Gasteiger partial charge in [-0.3, -0.25) is 15.4 Å². The lowest BCUT2D eigenvalue weighted by molar-refractivity contribution is -0.172. The standard InChI is InChI=1S/C22H21N5O6/c1-3-10-11-5-17(19(23)25-31)27(32)8-15(11)24-18-12(10)7-26-16(18)6-14-13(20(26)28)9-33-21(29)22(14,30)4-2/h5-6,8,23-24,30,32H,3-4,7,9H2,1-2H3/t22-/m0/s1. The number of rotatable bonds is 3. The topological polar surface area (TPSA) is 157 Å². The number of fused-ring (bicyclic) bond motifs is 4. The van der Waals surface area contributed by atoms with Crippen molar-refractivity contribution in [2.45, 2.75) is 45.4 Å². The number of hydrogen-bond donors (Lipinski definition) is 4. The van der Waals surface area contributed by atoms with Gasteiger partial charge in [0.05, 0.1) is 35.4 Å². The molecule has 0 aliphatic carbocycles. The number of aromatic nitrogens is 1. The normalized spacial score (nSPS) is 23.0. The molecule has 0 bridgehead atoms. The molecule has 33 heavy (non-hydrogen) atoms. The van der Waals surface area contributed by atoms with Crippen molar-refractivity contribution in [3.05, 3.63) is 78.5 Å². The molecular formula is C22H21N5O6. The fourth-order valence-electron chi connectivity index (χ4n) is 4.86. The number of ether oxygens (including phenoxy) is 1. The van der Waals surface area contributed by atoms with Crippen LogP contribution in [0.1, 0.15) is 43.5 Å². The Morgan fingerprint density at radius 1 is 1.36 bits per heavy atom. The van der Waals surface area contributed by atoms with Gasteiger partial charge in [0, 0.05) is 16.7 Å². The molecule has 5 rings (SSSR count). The number of carbonyl (C=O) groups is 1. The number of amidine groups is 1. The number of pyridine rings is 1. The Morgan fingerprint density at radius 2 is 2.12 bits per heavy atom. The van der Waals surface area contributed by atoms with Gasteiger partial charge >= 0.3 is 5.97 Å². The Labute approximate surface area is 187 Å². The number of carbonyl (C=O) groups excluding carboxylic acids is 1. The quantitative estimate of drug-likeness (QED) is 0.234. The first-order valence-corrected chi connectivity index (χ1v) is 10.5. The third kappa shape index (κ3) is 2.72. The average Bonchev–Trinajstić information content (AvgIpc) is 3.18. The number of nitrogens with one attached hydrogen (secondary N) is 2. The van der Waals surface area contributed by atoms with Crippen molar-refractivity contribution in [3.8, 4) is 0 Å². The highest BCUT2D eigenvalue weighted by atomic mass is 16.6. The maximum Gasteiger partial charge on any atom is 0.343 e. The summed E-state index contributed by atoms with van der Waals surface area (Å²) >= 11 is 0. The second-order valence-corrected chi connectivity index (χ2v) is 8.18. The number of nitroso groups, excluding NO2 is 1. The Morgan fingerprint density at radius 3 is 2.79 bits per heavy atom. The second kappa shape index (κ2) is 7.09. The molecule has 170 valence electrons. The smallest absolute Gasteiger partial charge is 0.343 e.